The normalized spacial score (nSPS) is 16.4. The van der Waals surface area contributed by atoms with Crippen LogP contribution >= 0.6 is 0 Å². The van der Waals surface area contributed by atoms with E-state index in [1.165, 1.54) is 0 Å². The van der Waals surface area contributed by atoms with Crippen molar-refractivity contribution in [1.29, 1.82) is 0 Å². The molecular weight excluding hydrogens is 330 g/mol. The van der Waals surface area contributed by atoms with Gasteiger partial charge in [-0.05, 0) is 44.0 Å². The second-order valence-electron chi connectivity index (χ2n) is 6.45. The van der Waals surface area contributed by atoms with Gasteiger partial charge in [-0.2, -0.15) is 0 Å². The fraction of sp³-hybridized carbons (Fsp3) is 0.381. The quantitative estimate of drug-likeness (QED) is 0.792. The Morgan fingerprint density at radius 3 is 2.50 bits per heavy atom. The number of hydrogen-bond acceptors (Lipinski definition) is 4. The van der Waals surface area contributed by atoms with Crippen molar-refractivity contribution >= 4 is 5.91 Å². The molecule has 1 fully saturated rings. The van der Waals surface area contributed by atoms with E-state index in [-0.39, 0.29) is 18.6 Å². The maximum Gasteiger partial charge on any atom is 0.261 e. The van der Waals surface area contributed by atoms with Gasteiger partial charge in [0.25, 0.3) is 5.91 Å². The molecule has 1 atom stereocenters. The summed E-state index contributed by atoms with van der Waals surface area (Å²) in [5.41, 5.74) is 2.17. The number of aryl methyl sites for hydroxylation is 1. The number of amides is 1. The van der Waals surface area contributed by atoms with Gasteiger partial charge in [-0.1, -0.05) is 17.7 Å². The molecule has 0 radical (unpaired) electrons. The Labute approximate surface area is 154 Å². The number of carbonyl (C=O) groups is 1. The summed E-state index contributed by atoms with van der Waals surface area (Å²) >= 11 is 0. The Kier molecular flexibility index (Phi) is 5.66. The topological polar surface area (TPSA) is 48.0 Å². The van der Waals surface area contributed by atoms with Gasteiger partial charge in [0, 0.05) is 18.2 Å². The maximum absolute atomic E-state index is 12.7. The van der Waals surface area contributed by atoms with Gasteiger partial charge < -0.3 is 19.1 Å². The fourth-order valence-electron chi connectivity index (χ4n) is 3.34. The zero-order valence-corrected chi connectivity index (χ0v) is 15.5. The standard InChI is InChI=1S/C21H25NO4/c1-15-6-8-16(9-7-15)26-14-21(23)22-12-4-5-19(22)18-11-10-17(24-2)13-20(18)25-3/h6-11,13,19H,4-5,12,14H2,1-3H3/t19-/m1/s1. The molecule has 3 rings (SSSR count). The highest BCUT2D eigenvalue weighted by Crippen LogP contribution is 2.38. The van der Waals surface area contributed by atoms with Gasteiger partial charge in [-0.15, -0.1) is 0 Å². The van der Waals surface area contributed by atoms with Gasteiger partial charge in [0.05, 0.1) is 20.3 Å². The summed E-state index contributed by atoms with van der Waals surface area (Å²) in [6.45, 7) is 2.79. The Hall–Kier alpha value is -2.69. The highest BCUT2D eigenvalue weighted by Gasteiger charge is 2.32. The van der Waals surface area contributed by atoms with Crippen LogP contribution in [0.5, 0.6) is 17.2 Å². The van der Waals surface area contributed by atoms with Crippen molar-refractivity contribution in [2.24, 2.45) is 0 Å². The predicted octanol–water partition coefficient (Wildman–Crippen LogP) is 3.75. The van der Waals surface area contributed by atoms with E-state index in [4.69, 9.17) is 14.2 Å². The van der Waals surface area contributed by atoms with Crippen molar-refractivity contribution < 1.29 is 19.0 Å². The van der Waals surface area contributed by atoms with E-state index in [0.29, 0.717) is 5.75 Å². The van der Waals surface area contributed by atoms with Gasteiger partial charge in [0.15, 0.2) is 6.61 Å². The molecule has 5 heteroatoms. The second-order valence-corrected chi connectivity index (χ2v) is 6.45. The number of ether oxygens (including phenoxy) is 3. The average Bonchev–Trinajstić information content (AvgIpc) is 3.16. The molecule has 5 nitrogen and oxygen atoms in total. The number of carbonyl (C=O) groups excluding carboxylic acids is 1. The first-order valence-electron chi connectivity index (χ1n) is 8.83. The molecule has 0 bridgehead atoms. The van der Waals surface area contributed by atoms with Crippen molar-refractivity contribution in [3.63, 3.8) is 0 Å². The van der Waals surface area contributed by atoms with E-state index < -0.39 is 0 Å². The maximum atomic E-state index is 12.7. The Bertz CT molecular complexity index is 757. The molecule has 1 amide bonds. The zero-order valence-electron chi connectivity index (χ0n) is 15.5. The summed E-state index contributed by atoms with van der Waals surface area (Å²) in [5, 5.41) is 0. The highest BCUT2D eigenvalue weighted by atomic mass is 16.5. The van der Waals surface area contributed by atoms with E-state index in [0.717, 1.165) is 42.0 Å². The second kappa shape index (κ2) is 8.13. The molecule has 2 aromatic carbocycles. The summed E-state index contributed by atoms with van der Waals surface area (Å²) in [6, 6.07) is 13.5. The van der Waals surface area contributed by atoms with Crippen LogP contribution < -0.4 is 14.2 Å². The first kappa shape index (κ1) is 18.1. The van der Waals surface area contributed by atoms with Crippen molar-refractivity contribution in [2.45, 2.75) is 25.8 Å². The molecule has 26 heavy (non-hydrogen) atoms. The third kappa shape index (κ3) is 3.93. The lowest BCUT2D eigenvalue weighted by Gasteiger charge is -2.26. The fourth-order valence-corrected chi connectivity index (χ4v) is 3.34. The number of rotatable bonds is 6. The van der Waals surface area contributed by atoms with E-state index in [9.17, 15) is 4.79 Å². The van der Waals surface area contributed by atoms with Crippen LogP contribution in [0.1, 0.15) is 30.0 Å². The first-order chi connectivity index (χ1) is 12.6. The van der Waals surface area contributed by atoms with Crippen molar-refractivity contribution in [3.8, 4) is 17.2 Å². The third-order valence-electron chi connectivity index (χ3n) is 4.76. The minimum atomic E-state index is -0.00838. The summed E-state index contributed by atoms with van der Waals surface area (Å²) < 4.78 is 16.5. The molecular formula is C21H25NO4. The molecule has 1 heterocycles. The SMILES string of the molecule is COc1ccc([C@H]2CCCN2C(=O)COc2ccc(C)cc2)c(OC)c1. The molecule has 0 N–H and O–H groups in total. The average molecular weight is 355 g/mol. The molecule has 1 aliphatic rings. The minimum Gasteiger partial charge on any atom is -0.497 e. The Balaban J connectivity index is 1.71. The van der Waals surface area contributed by atoms with Gasteiger partial charge >= 0.3 is 0 Å². The lowest BCUT2D eigenvalue weighted by molar-refractivity contribution is -0.134. The smallest absolute Gasteiger partial charge is 0.261 e. The van der Waals surface area contributed by atoms with Crippen LogP contribution in [0.15, 0.2) is 42.5 Å². The molecule has 1 aliphatic heterocycles. The number of benzene rings is 2. The number of hydrogen-bond donors (Lipinski definition) is 0. The third-order valence-corrected chi connectivity index (χ3v) is 4.76. The zero-order chi connectivity index (χ0) is 18.5. The van der Waals surface area contributed by atoms with Crippen LogP contribution in [-0.4, -0.2) is 38.2 Å². The minimum absolute atomic E-state index is 0.00461. The van der Waals surface area contributed by atoms with Crippen LogP contribution in [-0.2, 0) is 4.79 Å². The summed E-state index contributed by atoms with van der Waals surface area (Å²) in [5.74, 6) is 2.19. The van der Waals surface area contributed by atoms with Crippen LogP contribution in [0, 0.1) is 6.92 Å². The predicted molar refractivity (Wildman–Crippen MR) is 99.9 cm³/mol. The van der Waals surface area contributed by atoms with E-state index in [2.05, 4.69) is 0 Å². The van der Waals surface area contributed by atoms with Crippen LogP contribution in [0.2, 0.25) is 0 Å². The molecule has 2 aromatic rings. The number of nitrogens with zero attached hydrogens (tertiary/aromatic N) is 1. The van der Waals surface area contributed by atoms with Crippen LogP contribution in [0.4, 0.5) is 0 Å². The van der Waals surface area contributed by atoms with E-state index in [1.807, 2.05) is 54.3 Å². The van der Waals surface area contributed by atoms with E-state index in [1.54, 1.807) is 14.2 Å². The molecule has 0 aromatic heterocycles. The molecule has 0 saturated carbocycles. The molecule has 0 unspecified atom stereocenters. The summed E-state index contributed by atoms with van der Waals surface area (Å²) in [6.07, 6.45) is 1.88. The van der Waals surface area contributed by atoms with E-state index >= 15 is 0 Å². The number of likely N-dealkylation sites (tertiary alicyclic amines) is 1. The lowest BCUT2D eigenvalue weighted by atomic mass is 10.0. The molecule has 138 valence electrons. The summed E-state index contributed by atoms with van der Waals surface area (Å²) in [4.78, 5) is 14.6. The van der Waals surface area contributed by atoms with Crippen LogP contribution in [0.25, 0.3) is 0 Å². The Morgan fingerprint density at radius 2 is 1.81 bits per heavy atom. The van der Waals surface area contributed by atoms with Gasteiger partial charge in [0.2, 0.25) is 0 Å². The van der Waals surface area contributed by atoms with Crippen LogP contribution in [0.3, 0.4) is 0 Å². The largest absolute Gasteiger partial charge is 0.497 e. The molecule has 0 spiro atoms. The lowest BCUT2D eigenvalue weighted by Crippen LogP contribution is -2.34. The van der Waals surface area contributed by atoms with Gasteiger partial charge in [0.1, 0.15) is 17.2 Å². The highest BCUT2D eigenvalue weighted by molar-refractivity contribution is 5.78. The number of methoxy groups -OCH3 is 2. The van der Waals surface area contributed by atoms with Gasteiger partial charge in [-0.3, -0.25) is 4.79 Å². The van der Waals surface area contributed by atoms with Crippen molar-refractivity contribution in [3.05, 3.63) is 53.6 Å². The van der Waals surface area contributed by atoms with Crippen molar-refractivity contribution in [1.82, 2.24) is 4.90 Å². The van der Waals surface area contributed by atoms with Crippen molar-refractivity contribution in [2.75, 3.05) is 27.4 Å². The summed E-state index contributed by atoms with van der Waals surface area (Å²) in [7, 11) is 3.27. The van der Waals surface area contributed by atoms with Gasteiger partial charge in [-0.25, -0.2) is 0 Å². The molecule has 0 aliphatic carbocycles. The first-order valence-corrected chi connectivity index (χ1v) is 8.83. The monoisotopic (exact) mass is 355 g/mol. The molecule has 1 saturated heterocycles. The Morgan fingerprint density at radius 1 is 1.08 bits per heavy atom.